The van der Waals surface area contributed by atoms with E-state index in [1.165, 1.54) is 6.33 Å². The Labute approximate surface area is 235 Å². The lowest BCUT2D eigenvalue weighted by Crippen LogP contribution is -2.31. The van der Waals surface area contributed by atoms with Crippen molar-refractivity contribution in [3.8, 4) is 17.2 Å². The minimum atomic E-state index is -0.591. The Morgan fingerprint density at radius 2 is 1.82 bits per heavy atom. The van der Waals surface area contributed by atoms with Crippen molar-refractivity contribution in [3.63, 3.8) is 0 Å². The first-order valence-electron chi connectivity index (χ1n) is 12.0. The summed E-state index contributed by atoms with van der Waals surface area (Å²) in [6, 6.07) is 17.4. The van der Waals surface area contributed by atoms with Gasteiger partial charge >= 0.3 is 0 Å². The lowest BCUT2D eigenvalue weighted by molar-refractivity contribution is -0.113. The van der Waals surface area contributed by atoms with Gasteiger partial charge in [0.15, 0.2) is 11.5 Å². The van der Waals surface area contributed by atoms with E-state index in [2.05, 4.69) is 20.7 Å². The molecule has 11 heteroatoms. The summed E-state index contributed by atoms with van der Waals surface area (Å²) in [5.74, 6) is 1.76. The van der Waals surface area contributed by atoms with Crippen LogP contribution in [0.2, 0.25) is 10.0 Å². The fraction of sp³-hybridized carbons (Fsp3) is 0.179. The molecule has 200 valence electrons. The number of carbonyl (C=O) groups excluding carboxylic acids is 1. The number of halogens is 2. The predicted octanol–water partition coefficient (Wildman–Crippen LogP) is 6.11. The number of ether oxygens (including phenoxy) is 3. The zero-order valence-electron chi connectivity index (χ0n) is 21.4. The number of amides is 1. The fourth-order valence-electron chi connectivity index (χ4n) is 4.40. The molecule has 0 saturated carbocycles. The van der Waals surface area contributed by atoms with Gasteiger partial charge in [-0.05, 0) is 48.9 Å². The van der Waals surface area contributed by atoms with Crippen LogP contribution >= 0.6 is 23.2 Å². The summed E-state index contributed by atoms with van der Waals surface area (Å²) in [6.45, 7) is 2.05. The number of hydrogen-bond donors (Lipinski definition) is 2. The van der Waals surface area contributed by atoms with E-state index in [9.17, 15) is 4.79 Å². The summed E-state index contributed by atoms with van der Waals surface area (Å²) >= 11 is 12.3. The highest BCUT2D eigenvalue weighted by Gasteiger charge is 2.34. The van der Waals surface area contributed by atoms with Gasteiger partial charge < -0.3 is 24.8 Å². The Morgan fingerprint density at radius 3 is 2.59 bits per heavy atom. The van der Waals surface area contributed by atoms with Gasteiger partial charge in [0.25, 0.3) is 5.91 Å². The summed E-state index contributed by atoms with van der Waals surface area (Å²) in [5, 5.41) is 11.6. The first-order valence-corrected chi connectivity index (χ1v) is 12.7. The number of allylic oxidation sites excluding steroid dienone is 1. The molecule has 9 nitrogen and oxygen atoms in total. The maximum absolute atomic E-state index is 13.7. The van der Waals surface area contributed by atoms with E-state index in [1.54, 1.807) is 49.2 Å². The van der Waals surface area contributed by atoms with E-state index in [4.69, 9.17) is 37.4 Å². The van der Waals surface area contributed by atoms with Gasteiger partial charge in [-0.15, -0.1) is 0 Å². The van der Waals surface area contributed by atoms with Gasteiger partial charge in [-0.1, -0.05) is 47.5 Å². The number of hydrogen-bond acceptors (Lipinski definition) is 7. The molecule has 0 fully saturated rings. The van der Waals surface area contributed by atoms with Crippen molar-refractivity contribution < 1.29 is 19.0 Å². The van der Waals surface area contributed by atoms with E-state index < -0.39 is 6.04 Å². The molecule has 0 spiro atoms. The van der Waals surface area contributed by atoms with Gasteiger partial charge in [0.2, 0.25) is 5.95 Å². The second-order valence-corrected chi connectivity index (χ2v) is 9.53. The first kappa shape index (κ1) is 26.4. The summed E-state index contributed by atoms with van der Waals surface area (Å²) in [6.07, 6.45) is 1.44. The zero-order valence-corrected chi connectivity index (χ0v) is 22.9. The molecule has 1 aromatic heterocycles. The Morgan fingerprint density at radius 1 is 1.03 bits per heavy atom. The molecule has 2 heterocycles. The number of benzene rings is 3. The van der Waals surface area contributed by atoms with Gasteiger partial charge in [-0.2, -0.15) is 10.1 Å². The SMILES string of the molecule is COc1ccccc1NC(=O)C1=C(C)Nc2ncnn2[C@@H]1c1ccc(OCc2ccc(Cl)cc2Cl)c(OC)c1. The number of methoxy groups -OCH3 is 2. The van der Waals surface area contributed by atoms with Gasteiger partial charge in [0.05, 0.1) is 25.5 Å². The Hall–Kier alpha value is -4.21. The highest BCUT2D eigenvalue weighted by molar-refractivity contribution is 6.35. The molecule has 5 rings (SSSR count). The molecule has 2 N–H and O–H groups in total. The van der Waals surface area contributed by atoms with Gasteiger partial charge in [0.1, 0.15) is 24.7 Å². The van der Waals surface area contributed by atoms with Crippen LogP contribution in [0.3, 0.4) is 0 Å². The third-order valence-electron chi connectivity index (χ3n) is 6.30. The van der Waals surface area contributed by atoms with Crippen LogP contribution in [-0.2, 0) is 11.4 Å². The number of rotatable bonds is 8. The van der Waals surface area contributed by atoms with E-state index in [0.29, 0.717) is 50.2 Å². The zero-order chi connectivity index (χ0) is 27.5. The van der Waals surface area contributed by atoms with Gasteiger partial charge in [0, 0.05) is 21.3 Å². The normalized spacial score (nSPS) is 14.3. The highest BCUT2D eigenvalue weighted by Crippen LogP contribution is 2.39. The molecule has 1 atom stereocenters. The molecule has 0 radical (unpaired) electrons. The lowest BCUT2D eigenvalue weighted by Gasteiger charge is -2.29. The van der Waals surface area contributed by atoms with Crippen LogP contribution in [0.5, 0.6) is 17.2 Å². The number of fused-ring (bicyclic) bond motifs is 1. The maximum atomic E-state index is 13.7. The number of nitrogens with one attached hydrogen (secondary N) is 2. The van der Waals surface area contributed by atoms with E-state index in [0.717, 1.165) is 11.1 Å². The number of carbonyl (C=O) groups is 1. The van der Waals surface area contributed by atoms with Crippen molar-refractivity contribution in [2.24, 2.45) is 0 Å². The minimum absolute atomic E-state index is 0.220. The molecule has 0 unspecified atom stereocenters. The van der Waals surface area contributed by atoms with Crippen LogP contribution in [-0.4, -0.2) is 34.9 Å². The first-order chi connectivity index (χ1) is 18.9. The highest BCUT2D eigenvalue weighted by atomic mass is 35.5. The Balaban J connectivity index is 1.48. The van der Waals surface area contributed by atoms with Crippen LogP contribution in [0.4, 0.5) is 11.6 Å². The lowest BCUT2D eigenvalue weighted by atomic mass is 9.94. The summed E-state index contributed by atoms with van der Waals surface area (Å²) < 4.78 is 18.8. The second kappa shape index (κ2) is 11.3. The quantitative estimate of drug-likeness (QED) is 0.266. The standard InChI is InChI=1S/C28H25Cl2N5O4/c1-16-25(27(36)34-21-6-4-5-7-22(21)37-2)26(35-28(33-16)31-15-32-35)17-9-11-23(24(12-17)38-3)39-14-18-8-10-19(29)13-20(18)30/h4-13,15,26H,14H2,1-3H3,(H,34,36)(H,31,32,33)/t26-/m1/s1. The molecule has 1 amide bonds. The smallest absolute Gasteiger partial charge is 0.255 e. The topological polar surface area (TPSA) is 99.5 Å². The van der Waals surface area contributed by atoms with Crippen LogP contribution in [0.15, 0.2) is 78.3 Å². The fourth-order valence-corrected chi connectivity index (χ4v) is 4.86. The largest absolute Gasteiger partial charge is 0.495 e. The molecule has 4 aromatic rings. The number of nitrogens with zero attached hydrogens (tertiary/aromatic N) is 3. The summed E-state index contributed by atoms with van der Waals surface area (Å²) in [7, 11) is 3.11. The average Bonchev–Trinajstić information content (AvgIpc) is 3.40. The monoisotopic (exact) mass is 565 g/mol. The molecule has 0 bridgehead atoms. The van der Waals surface area contributed by atoms with E-state index >= 15 is 0 Å². The number of anilines is 2. The maximum Gasteiger partial charge on any atom is 0.255 e. The predicted molar refractivity (Wildman–Crippen MR) is 150 cm³/mol. The van der Waals surface area contributed by atoms with Crippen molar-refractivity contribution in [3.05, 3.63) is 99.4 Å². The Bertz CT molecular complexity index is 1570. The van der Waals surface area contributed by atoms with Crippen LogP contribution in [0.1, 0.15) is 24.1 Å². The van der Waals surface area contributed by atoms with Gasteiger partial charge in [-0.3, -0.25) is 4.79 Å². The summed E-state index contributed by atoms with van der Waals surface area (Å²) in [5.41, 5.74) is 3.19. The third-order valence-corrected chi connectivity index (χ3v) is 6.88. The Kier molecular flexibility index (Phi) is 7.63. The minimum Gasteiger partial charge on any atom is -0.495 e. The number of para-hydroxylation sites is 2. The van der Waals surface area contributed by atoms with Crippen molar-refractivity contribution in [1.82, 2.24) is 14.8 Å². The molecule has 1 aliphatic rings. The van der Waals surface area contributed by atoms with Crippen molar-refractivity contribution >= 4 is 40.7 Å². The van der Waals surface area contributed by atoms with Crippen LogP contribution in [0, 0.1) is 0 Å². The second-order valence-electron chi connectivity index (χ2n) is 8.68. The number of aromatic nitrogens is 3. The van der Waals surface area contributed by atoms with Crippen LogP contribution in [0.25, 0.3) is 0 Å². The molecular weight excluding hydrogens is 541 g/mol. The molecule has 3 aromatic carbocycles. The van der Waals surface area contributed by atoms with Crippen molar-refractivity contribution in [2.45, 2.75) is 19.6 Å². The molecule has 39 heavy (non-hydrogen) atoms. The van der Waals surface area contributed by atoms with E-state index in [-0.39, 0.29) is 12.5 Å². The summed E-state index contributed by atoms with van der Waals surface area (Å²) in [4.78, 5) is 18.0. The molecule has 0 saturated heterocycles. The molecule has 1 aliphatic heterocycles. The molecular formula is C28H25Cl2N5O4. The van der Waals surface area contributed by atoms with Crippen molar-refractivity contribution in [2.75, 3.05) is 24.9 Å². The van der Waals surface area contributed by atoms with Crippen molar-refractivity contribution in [1.29, 1.82) is 0 Å². The van der Waals surface area contributed by atoms with Gasteiger partial charge in [-0.25, -0.2) is 4.68 Å². The molecule has 0 aliphatic carbocycles. The third kappa shape index (κ3) is 5.36. The average molecular weight is 566 g/mol. The van der Waals surface area contributed by atoms with Crippen LogP contribution < -0.4 is 24.8 Å². The van der Waals surface area contributed by atoms with E-state index in [1.807, 2.05) is 37.3 Å².